The first-order valence-corrected chi connectivity index (χ1v) is 10.0. The van der Waals surface area contributed by atoms with Crippen LogP contribution in [0.25, 0.3) is 33.9 Å². The molecule has 5 nitrogen and oxygen atoms in total. The SMILES string of the molecule is C.Nc1cccc(-c2ccccc2-n2nc(-c3ccccc3)n(-c3ccccc3)c2=O)c1. The van der Waals surface area contributed by atoms with E-state index in [4.69, 9.17) is 10.8 Å². The van der Waals surface area contributed by atoms with E-state index in [1.807, 2.05) is 109 Å². The van der Waals surface area contributed by atoms with E-state index in [-0.39, 0.29) is 13.1 Å². The lowest BCUT2D eigenvalue weighted by atomic mass is 10.0. The first-order valence-electron chi connectivity index (χ1n) is 10.0. The zero-order chi connectivity index (χ0) is 21.2. The van der Waals surface area contributed by atoms with E-state index in [9.17, 15) is 4.79 Å². The van der Waals surface area contributed by atoms with E-state index in [0.29, 0.717) is 17.2 Å². The molecule has 0 saturated heterocycles. The molecule has 0 atom stereocenters. The second-order valence-corrected chi connectivity index (χ2v) is 7.20. The predicted octanol–water partition coefficient (Wildman–Crippen LogP) is 5.58. The average molecular weight is 421 g/mol. The van der Waals surface area contributed by atoms with Crippen molar-refractivity contribution in [3.8, 4) is 33.9 Å². The molecule has 1 aromatic heterocycles. The summed E-state index contributed by atoms with van der Waals surface area (Å²) in [5.74, 6) is 0.583. The van der Waals surface area contributed by atoms with Gasteiger partial charge in [-0.15, -0.1) is 5.10 Å². The highest BCUT2D eigenvalue weighted by Crippen LogP contribution is 2.28. The Kier molecular flexibility index (Phi) is 5.73. The van der Waals surface area contributed by atoms with Gasteiger partial charge in [-0.3, -0.25) is 0 Å². The molecule has 0 aliphatic carbocycles. The van der Waals surface area contributed by atoms with Gasteiger partial charge >= 0.3 is 5.69 Å². The van der Waals surface area contributed by atoms with Crippen LogP contribution in [0.15, 0.2) is 114 Å². The molecule has 0 aliphatic heterocycles. The van der Waals surface area contributed by atoms with Gasteiger partial charge in [0.15, 0.2) is 5.82 Å². The molecule has 0 aliphatic rings. The van der Waals surface area contributed by atoms with Crippen LogP contribution < -0.4 is 11.4 Å². The highest BCUT2D eigenvalue weighted by molar-refractivity contribution is 5.75. The molecule has 1 heterocycles. The van der Waals surface area contributed by atoms with E-state index < -0.39 is 0 Å². The third-order valence-electron chi connectivity index (χ3n) is 5.16. The van der Waals surface area contributed by atoms with Crippen molar-refractivity contribution in [2.24, 2.45) is 0 Å². The summed E-state index contributed by atoms with van der Waals surface area (Å²) in [6.45, 7) is 0. The van der Waals surface area contributed by atoms with Crippen LogP contribution in [-0.4, -0.2) is 14.3 Å². The summed E-state index contributed by atoms with van der Waals surface area (Å²) in [5.41, 5.74) is 10.6. The Morgan fingerprint density at radius 1 is 0.688 bits per heavy atom. The molecular formula is C27H24N4O. The summed E-state index contributed by atoms with van der Waals surface area (Å²) in [6, 6.07) is 34.6. The number of hydrogen-bond donors (Lipinski definition) is 1. The lowest BCUT2D eigenvalue weighted by Gasteiger charge is -2.09. The molecule has 158 valence electrons. The van der Waals surface area contributed by atoms with Crippen molar-refractivity contribution in [2.45, 2.75) is 7.43 Å². The maximum absolute atomic E-state index is 13.7. The Bertz CT molecular complexity index is 1400. The smallest absolute Gasteiger partial charge is 0.355 e. The standard InChI is InChI=1S/C26H20N4O.CH4/c27-21-13-9-12-20(18-21)23-16-7-8-17-24(23)30-26(31)29(22-14-5-2-6-15-22)25(28-30)19-10-3-1-4-11-19;/h1-18H,27H2;1H4. The Hall–Kier alpha value is -4.38. The number of nitrogen functional groups attached to an aromatic ring is 1. The van der Waals surface area contributed by atoms with Crippen molar-refractivity contribution in [2.75, 3.05) is 5.73 Å². The minimum Gasteiger partial charge on any atom is -0.399 e. The lowest BCUT2D eigenvalue weighted by molar-refractivity contribution is 0.831. The fourth-order valence-electron chi connectivity index (χ4n) is 3.72. The lowest BCUT2D eigenvalue weighted by Crippen LogP contribution is -2.23. The van der Waals surface area contributed by atoms with E-state index in [0.717, 1.165) is 22.4 Å². The van der Waals surface area contributed by atoms with Crippen molar-refractivity contribution in [3.63, 3.8) is 0 Å². The number of hydrogen-bond acceptors (Lipinski definition) is 3. The quantitative estimate of drug-likeness (QED) is 0.386. The van der Waals surface area contributed by atoms with Crippen LogP contribution in [0.1, 0.15) is 7.43 Å². The largest absolute Gasteiger partial charge is 0.399 e. The third-order valence-corrected chi connectivity index (χ3v) is 5.16. The van der Waals surface area contributed by atoms with Gasteiger partial charge in [0, 0.05) is 16.8 Å². The van der Waals surface area contributed by atoms with Crippen LogP contribution in [0.4, 0.5) is 5.69 Å². The first kappa shape index (κ1) is 20.9. The topological polar surface area (TPSA) is 65.8 Å². The first-order chi connectivity index (χ1) is 15.2. The zero-order valence-corrected chi connectivity index (χ0v) is 16.7. The number of anilines is 1. The Morgan fingerprint density at radius 2 is 1.31 bits per heavy atom. The number of nitrogens with zero attached hydrogens (tertiary/aromatic N) is 3. The summed E-state index contributed by atoms with van der Waals surface area (Å²) >= 11 is 0. The molecule has 4 aromatic carbocycles. The summed E-state index contributed by atoms with van der Waals surface area (Å²) in [4.78, 5) is 13.7. The molecule has 0 spiro atoms. The number of nitrogens with two attached hydrogens (primary N) is 1. The maximum atomic E-state index is 13.7. The van der Waals surface area contributed by atoms with Crippen LogP contribution in [0.2, 0.25) is 0 Å². The second-order valence-electron chi connectivity index (χ2n) is 7.20. The van der Waals surface area contributed by atoms with Crippen LogP contribution in [-0.2, 0) is 0 Å². The predicted molar refractivity (Wildman–Crippen MR) is 131 cm³/mol. The van der Waals surface area contributed by atoms with E-state index in [2.05, 4.69) is 0 Å². The number of benzene rings is 4. The van der Waals surface area contributed by atoms with Gasteiger partial charge in [0.2, 0.25) is 0 Å². The van der Waals surface area contributed by atoms with Crippen LogP contribution in [0, 0.1) is 0 Å². The molecular weight excluding hydrogens is 396 g/mol. The molecule has 0 fully saturated rings. The fourth-order valence-corrected chi connectivity index (χ4v) is 3.72. The van der Waals surface area contributed by atoms with E-state index in [1.165, 1.54) is 4.68 Å². The number of rotatable bonds is 4. The summed E-state index contributed by atoms with van der Waals surface area (Å²) in [7, 11) is 0. The van der Waals surface area contributed by atoms with Gasteiger partial charge in [0.05, 0.1) is 11.4 Å². The summed E-state index contributed by atoms with van der Waals surface area (Å²) < 4.78 is 3.11. The summed E-state index contributed by atoms with van der Waals surface area (Å²) in [5, 5.41) is 4.77. The maximum Gasteiger partial charge on any atom is 0.355 e. The van der Waals surface area contributed by atoms with Gasteiger partial charge in [0.1, 0.15) is 0 Å². The zero-order valence-electron chi connectivity index (χ0n) is 16.7. The molecule has 0 bridgehead atoms. The highest BCUT2D eigenvalue weighted by Gasteiger charge is 2.19. The molecule has 0 saturated carbocycles. The monoisotopic (exact) mass is 420 g/mol. The molecule has 5 heteroatoms. The molecule has 0 radical (unpaired) electrons. The van der Waals surface area contributed by atoms with Crippen LogP contribution >= 0.6 is 0 Å². The average Bonchev–Trinajstić information content (AvgIpc) is 3.17. The van der Waals surface area contributed by atoms with Crippen molar-refractivity contribution < 1.29 is 0 Å². The normalized spacial score (nSPS) is 10.5. The van der Waals surface area contributed by atoms with E-state index in [1.54, 1.807) is 4.57 Å². The molecule has 0 unspecified atom stereocenters. The second kappa shape index (κ2) is 8.78. The van der Waals surface area contributed by atoms with Gasteiger partial charge < -0.3 is 5.73 Å². The minimum absolute atomic E-state index is 0. The van der Waals surface area contributed by atoms with Crippen molar-refractivity contribution in [1.82, 2.24) is 14.3 Å². The Morgan fingerprint density at radius 3 is 2.03 bits per heavy atom. The van der Waals surface area contributed by atoms with Crippen molar-refractivity contribution in [1.29, 1.82) is 0 Å². The third kappa shape index (κ3) is 3.72. The Labute approximate surface area is 187 Å². The van der Waals surface area contributed by atoms with Crippen molar-refractivity contribution in [3.05, 3.63) is 120 Å². The van der Waals surface area contributed by atoms with E-state index >= 15 is 0 Å². The Balaban J connectivity index is 0.00000245. The molecule has 32 heavy (non-hydrogen) atoms. The molecule has 5 aromatic rings. The van der Waals surface area contributed by atoms with Crippen LogP contribution in [0.5, 0.6) is 0 Å². The molecule has 0 amide bonds. The molecule has 2 N–H and O–H groups in total. The number of para-hydroxylation sites is 2. The van der Waals surface area contributed by atoms with Gasteiger partial charge in [-0.2, -0.15) is 4.68 Å². The van der Waals surface area contributed by atoms with Gasteiger partial charge in [-0.05, 0) is 35.9 Å². The van der Waals surface area contributed by atoms with Gasteiger partial charge in [-0.1, -0.05) is 86.3 Å². The minimum atomic E-state index is -0.235. The van der Waals surface area contributed by atoms with Gasteiger partial charge in [-0.25, -0.2) is 9.36 Å². The molecule has 5 rings (SSSR count). The number of aromatic nitrogens is 3. The summed E-state index contributed by atoms with van der Waals surface area (Å²) in [6.07, 6.45) is 0. The van der Waals surface area contributed by atoms with Crippen LogP contribution in [0.3, 0.4) is 0 Å². The highest BCUT2D eigenvalue weighted by atomic mass is 16.2. The van der Waals surface area contributed by atoms with Gasteiger partial charge in [0.25, 0.3) is 0 Å². The van der Waals surface area contributed by atoms with Crippen molar-refractivity contribution >= 4 is 5.69 Å². The fraction of sp³-hybridized carbons (Fsp3) is 0.0370.